The van der Waals surface area contributed by atoms with Gasteiger partial charge in [-0.05, 0) is 73.9 Å². The van der Waals surface area contributed by atoms with Gasteiger partial charge in [0.2, 0.25) is 5.91 Å². The number of hydrogen-bond donors (Lipinski definition) is 2. The molecule has 0 heterocycles. The quantitative estimate of drug-likeness (QED) is 0.629. The third-order valence-corrected chi connectivity index (χ3v) is 4.90. The molecule has 4 heteroatoms. The normalized spacial score (nSPS) is 12.3. The van der Waals surface area contributed by atoms with E-state index in [1.807, 2.05) is 30.3 Å². The summed E-state index contributed by atoms with van der Waals surface area (Å²) in [6.07, 6.45) is 2.67. The van der Waals surface area contributed by atoms with Crippen molar-refractivity contribution < 1.29 is 4.79 Å². The summed E-state index contributed by atoms with van der Waals surface area (Å²) in [5.74, 6) is -0.159. The average Bonchev–Trinajstić information content (AvgIpc) is 2.69. The fourth-order valence-corrected chi connectivity index (χ4v) is 3.30. The van der Waals surface area contributed by atoms with Gasteiger partial charge in [-0.2, -0.15) is 0 Å². The van der Waals surface area contributed by atoms with Gasteiger partial charge in [-0.3, -0.25) is 4.79 Å². The Morgan fingerprint density at radius 2 is 1.64 bits per heavy atom. The number of anilines is 1. The van der Waals surface area contributed by atoms with Gasteiger partial charge in [-0.25, -0.2) is 0 Å². The highest BCUT2D eigenvalue weighted by molar-refractivity contribution is 5.95. The number of hydrogen-bond acceptors (Lipinski definition) is 3. The van der Waals surface area contributed by atoms with Crippen LogP contribution in [0.15, 0.2) is 66.7 Å². The maximum Gasteiger partial charge on any atom is 0.241 e. The highest BCUT2D eigenvalue weighted by Gasteiger charge is 2.14. The molecule has 146 valence electrons. The van der Waals surface area contributed by atoms with Crippen molar-refractivity contribution in [2.75, 3.05) is 26.0 Å². The predicted molar refractivity (Wildman–Crippen MR) is 118 cm³/mol. The molecule has 4 nitrogen and oxygen atoms in total. The third kappa shape index (κ3) is 5.65. The van der Waals surface area contributed by atoms with Crippen LogP contribution >= 0.6 is 0 Å². The van der Waals surface area contributed by atoms with Crippen LogP contribution in [0.3, 0.4) is 0 Å². The Morgan fingerprint density at radius 1 is 0.964 bits per heavy atom. The van der Waals surface area contributed by atoms with Crippen LogP contribution < -0.4 is 11.1 Å². The fraction of sp³-hybridized carbons (Fsp3) is 0.292. The van der Waals surface area contributed by atoms with Crippen molar-refractivity contribution in [1.82, 2.24) is 4.90 Å². The topological polar surface area (TPSA) is 58.4 Å². The maximum atomic E-state index is 12.5. The lowest BCUT2D eigenvalue weighted by atomic mass is 10.0. The maximum absolute atomic E-state index is 12.5. The molecule has 0 fully saturated rings. The van der Waals surface area contributed by atoms with Crippen molar-refractivity contribution in [3.05, 3.63) is 77.9 Å². The van der Waals surface area contributed by atoms with Crippen molar-refractivity contribution in [1.29, 1.82) is 0 Å². The van der Waals surface area contributed by atoms with E-state index < -0.39 is 6.04 Å². The number of rotatable bonds is 8. The molecule has 1 atom stereocenters. The molecule has 3 aromatic rings. The zero-order valence-corrected chi connectivity index (χ0v) is 16.7. The number of fused-ring (bicyclic) bond motifs is 1. The summed E-state index contributed by atoms with van der Waals surface area (Å²) in [5.41, 5.74) is 9.28. The summed E-state index contributed by atoms with van der Waals surface area (Å²) >= 11 is 0. The number of nitrogens with one attached hydrogen (secondary N) is 1. The zero-order chi connectivity index (χ0) is 19.9. The van der Waals surface area contributed by atoms with E-state index in [1.165, 1.54) is 10.9 Å². The molecule has 0 radical (unpaired) electrons. The molecular formula is C24H29N3O. The molecule has 28 heavy (non-hydrogen) atoms. The van der Waals surface area contributed by atoms with Crippen molar-refractivity contribution in [3.63, 3.8) is 0 Å². The first-order valence-electron chi connectivity index (χ1n) is 9.79. The van der Waals surface area contributed by atoms with Crippen LogP contribution in [-0.2, 0) is 17.6 Å². The number of nitrogens with two attached hydrogens (primary N) is 1. The highest BCUT2D eigenvalue weighted by Crippen LogP contribution is 2.17. The molecule has 0 saturated carbocycles. The van der Waals surface area contributed by atoms with Crippen molar-refractivity contribution in [2.45, 2.75) is 25.3 Å². The molecule has 3 aromatic carbocycles. The van der Waals surface area contributed by atoms with E-state index >= 15 is 0 Å². The van der Waals surface area contributed by atoms with Crippen LogP contribution in [0.25, 0.3) is 10.8 Å². The third-order valence-electron chi connectivity index (χ3n) is 4.90. The number of amides is 1. The second-order valence-corrected chi connectivity index (χ2v) is 7.59. The summed E-state index contributed by atoms with van der Waals surface area (Å²) in [5, 5.41) is 5.28. The lowest BCUT2D eigenvalue weighted by molar-refractivity contribution is -0.117. The molecule has 0 aromatic heterocycles. The molecule has 3 N–H and O–H groups in total. The van der Waals surface area contributed by atoms with Gasteiger partial charge in [0.25, 0.3) is 0 Å². The SMILES string of the molecule is CN(C)CCCc1ccc(NC(=O)C(N)Cc2ccc3ccccc3c2)cc1. The summed E-state index contributed by atoms with van der Waals surface area (Å²) in [7, 11) is 4.17. The van der Waals surface area contributed by atoms with Gasteiger partial charge in [0.05, 0.1) is 6.04 Å². The lowest BCUT2D eigenvalue weighted by Crippen LogP contribution is -2.37. The minimum atomic E-state index is -0.582. The van der Waals surface area contributed by atoms with Crippen LogP contribution in [0.5, 0.6) is 0 Å². The number of carbonyl (C=O) groups is 1. The summed E-state index contributed by atoms with van der Waals surface area (Å²) < 4.78 is 0. The minimum Gasteiger partial charge on any atom is -0.325 e. The first-order valence-corrected chi connectivity index (χ1v) is 9.79. The Kier molecular flexibility index (Phi) is 6.80. The van der Waals surface area contributed by atoms with Gasteiger partial charge in [-0.15, -0.1) is 0 Å². The van der Waals surface area contributed by atoms with E-state index in [-0.39, 0.29) is 5.91 Å². The van der Waals surface area contributed by atoms with E-state index in [0.29, 0.717) is 6.42 Å². The fourth-order valence-electron chi connectivity index (χ4n) is 3.30. The molecule has 0 aliphatic heterocycles. The molecule has 0 bridgehead atoms. The van der Waals surface area contributed by atoms with E-state index in [0.717, 1.165) is 36.0 Å². The van der Waals surface area contributed by atoms with Crippen molar-refractivity contribution in [2.24, 2.45) is 5.73 Å². The molecule has 1 amide bonds. The van der Waals surface area contributed by atoms with E-state index in [9.17, 15) is 4.79 Å². The Bertz CT molecular complexity index is 919. The Hall–Kier alpha value is -2.69. The van der Waals surface area contributed by atoms with Crippen molar-refractivity contribution in [3.8, 4) is 0 Å². The Morgan fingerprint density at radius 3 is 2.36 bits per heavy atom. The monoisotopic (exact) mass is 375 g/mol. The van der Waals surface area contributed by atoms with Gasteiger partial charge >= 0.3 is 0 Å². The molecule has 0 aliphatic rings. The van der Waals surface area contributed by atoms with E-state index in [2.05, 4.69) is 60.7 Å². The van der Waals surface area contributed by atoms with Gasteiger partial charge in [0, 0.05) is 5.69 Å². The first-order chi connectivity index (χ1) is 13.5. The van der Waals surface area contributed by atoms with Crippen LogP contribution in [0.2, 0.25) is 0 Å². The van der Waals surface area contributed by atoms with Crippen LogP contribution in [0.4, 0.5) is 5.69 Å². The summed E-state index contributed by atoms with van der Waals surface area (Å²) in [4.78, 5) is 14.7. The van der Waals surface area contributed by atoms with Gasteiger partial charge in [-0.1, -0.05) is 54.6 Å². The first kappa shape index (κ1) is 20.1. The van der Waals surface area contributed by atoms with Crippen LogP contribution in [0, 0.1) is 0 Å². The van der Waals surface area contributed by atoms with Crippen molar-refractivity contribution >= 4 is 22.4 Å². The minimum absolute atomic E-state index is 0.159. The molecular weight excluding hydrogens is 346 g/mol. The van der Waals surface area contributed by atoms with E-state index in [1.54, 1.807) is 0 Å². The molecule has 3 rings (SSSR count). The largest absolute Gasteiger partial charge is 0.325 e. The van der Waals surface area contributed by atoms with E-state index in [4.69, 9.17) is 5.73 Å². The standard InChI is InChI=1S/C24H29N3O/c1-27(2)15-5-6-18-10-13-22(14-11-18)26-24(28)23(25)17-19-9-12-20-7-3-4-8-21(20)16-19/h3-4,7-14,16,23H,5-6,15,17,25H2,1-2H3,(H,26,28). The Labute approximate surface area is 167 Å². The average molecular weight is 376 g/mol. The van der Waals surface area contributed by atoms with Gasteiger partial charge in [0.1, 0.15) is 0 Å². The second-order valence-electron chi connectivity index (χ2n) is 7.59. The van der Waals surface area contributed by atoms with Crippen LogP contribution in [0.1, 0.15) is 17.5 Å². The second kappa shape index (κ2) is 9.49. The Balaban J connectivity index is 1.54. The van der Waals surface area contributed by atoms with Crippen LogP contribution in [-0.4, -0.2) is 37.5 Å². The van der Waals surface area contributed by atoms with Gasteiger partial charge < -0.3 is 16.0 Å². The highest BCUT2D eigenvalue weighted by atomic mass is 16.2. The summed E-state index contributed by atoms with van der Waals surface area (Å²) in [6.45, 7) is 1.07. The number of nitrogens with zero attached hydrogens (tertiary/aromatic N) is 1. The molecule has 0 aliphatic carbocycles. The number of aryl methyl sites for hydroxylation is 1. The number of carbonyl (C=O) groups excluding carboxylic acids is 1. The molecule has 1 unspecified atom stereocenters. The zero-order valence-electron chi connectivity index (χ0n) is 16.7. The van der Waals surface area contributed by atoms with Gasteiger partial charge in [0.15, 0.2) is 0 Å². The lowest BCUT2D eigenvalue weighted by Gasteiger charge is -2.13. The predicted octanol–water partition coefficient (Wildman–Crippen LogP) is 3.84. The summed E-state index contributed by atoms with van der Waals surface area (Å²) in [6, 6.07) is 21.9. The smallest absolute Gasteiger partial charge is 0.241 e. The molecule has 0 spiro atoms. The molecule has 0 saturated heterocycles. The number of benzene rings is 3.